The van der Waals surface area contributed by atoms with Crippen molar-refractivity contribution in [3.8, 4) is 10.6 Å². The molecule has 2 bridgehead atoms. The van der Waals surface area contributed by atoms with Crippen molar-refractivity contribution in [2.24, 2.45) is 13.0 Å². The number of carbonyl (C=O) groups excluding carboxylic acids is 1. The molecule has 5 heterocycles. The molecule has 2 N–H and O–H groups in total. The number of aryl methyl sites for hydroxylation is 1. The highest BCUT2D eigenvalue weighted by Crippen LogP contribution is 2.42. The number of carbonyl (C=O) groups is 1. The lowest BCUT2D eigenvalue weighted by molar-refractivity contribution is 0.0294. The molecule has 2 amide bonds. The van der Waals surface area contributed by atoms with E-state index in [0.29, 0.717) is 31.0 Å². The molecule has 0 spiro atoms. The largest absolute Gasteiger partial charge is 0.337 e. The molecule has 3 aliphatic rings. The summed E-state index contributed by atoms with van der Waals surface area (Å²) in [5, 5.41) is 12.9. The number of aromatic nitrogens is 2. The zero-order chi connectivity index (χ0) is 21.2. The molecule has 3 aromatic rings. The highest BCUT2D eigenvalue weighted by Gasteiger charge is 2.41. The molecule has 162 valence electrons. The lowest BCUT2D eigenvalue weighted by Crippen LogP contribution is -2.56. The van der Waals surface area contributed by atoms with Crippen LogP contribution in [0.1, 0.15) is 30.0 Å². The Balaban J connectivity index is 1.16. The van der Waals surface area contributed by atoms with Crippen molar-refractivity contribution in [3.05, 3.63) is 65.2 Å². The Morgan fingerprint density at radius 1 is 1.19 bits per heavy atom. The monoisotopic (exact) mass is 435 g/mol. The molecule has 31 heavy (non-hydrogen) atoms. The summed E-state index contributed by atoms with van der Waals surface area (Å²) in [6.07, 6.45) is 2.35. The molecule has 2 aromatic heterocycles. The number of nitrogens with zero attached hydrogens (tertiary/aromatic N) is 3. The first kappa shape index (κ1) is 20.3. The first-order valence-corrected chi connectivity index (χ1v) is 11.9. The number of hydrogen-bond donors (Lipinski definition) is 2. The van der Waals surface area contributed by atoms with Crippen molar-refractivity contribution < 1.29 is 4.79 Å². The van der Waals surface area contributed by atoms with E-state index >= 15 is 0 Å². The average molecular weight is 436 g/mol. The number of amides is 2. The van der Waals surface area contributed by atoms with Gasteiger partial charge in [0.1, 0.15) is 5.69 Å². The number of piperidine rings is 3. The van der Waals surface area contributed by atoms with E-state index in [0.717, 1.165) is 30.8 Å². The van der Waals surface area contributed by atoms with Crippen LogP contribution >= 0.6 is 11.3 Å². The molecule has 0 radical (unpaired) electrons. The summed E-state index contributed by atoms with van der Waals surface area (Å²) >= 11 is 1.74. The van der Waals surface area contributed by atoms with E-state index in [4.69, 9.17) is 5.10 Å². The minimum Gasteiger partial charge on any atom is -0.337 e. The van der Waals surface area contributed by atoms with Crippen LogP contribution in [0.4, 0.5) is 4.79 Å². The second kappa shape index (κ2) is 8.85. The van der Waals surface area contributed by atoms with Crippen LogP contribution in [0.3, 0.4) is 0 Å². The maximum absolute atomic E-state index is 12.3. The van der Waals surface area contributed by atoms with Crippen molar-refractivity contribution in [2.75, 3.05) is 19.6 Å². The number of urea groups is 1. The predicted molar refractivity (Wildman–Crippen MR) is 124 cm³/mol. The fourth-order valence-electron chi connectivity index (χ4n) is 5.11. The van der Waals surface area contributed by atoms with Gasteiger partial charge in [-0.2, -0.15) is 5.10 Å². The molecule has 7 heteroatoms. The molecule has 3 saturated heterocycles. The van der Waals surface area contributed by atoms with Crippen molar-refractivity contribution in [1.29, 1.82) is 0 Å². The molecular weight excluding hydrogens is 406 g/mol. The van der Waals surface area contributed by atoms with Gasteiger partial charge >= 0.3 is 6.03 Å². The van der Waals surface area contributed by atoms with Gasteiger partial charge in [0.05, 0.1) is 4.88 Å². The second-order valence-electron chi connectivity index (χ2n) is 8.64. The van der Waals surface area contributed by atoms with Crippen LogP contribution in [0, 0.1) is 5.92 Å². The molecule has 0 saturated carbocycles. The van der Waals surface area contributed by atoms with Crippen LogP contribution in [-0.2, 0) is 13.6 Å². The van der Waals surface area contributed by atoms with Gasteiger partial charge in [-0.15, -0.1) is 11.3 Å². The van der Waals surface area contributed by atoms with Crippen LogP contribution in [-0.4, -0.2) is 46.4 Å². The lowest BCUT2D eigenvalue weighted by atomic mass is 9.74. The van der Waals surface area contributed by atoms with Gasteiger partial charge in [0.25, 0.3) is 0 Å². The summed E-state index contributed by atoms with van der Waals surface area (Å²) in [4.78, 5) is 16.0. The van der Waals surface area contributed by atoms with E-state index in [1.54, 1.807) is 11.3 Å². The van der Waals surface area contributed by atoms with Crippen LogP contribution < -0.4 is 10.6 Å². The van der Waals surface area contributed by atoms with Crippen LogP contribution in [0.15, 0.2) is 53.9 Å². The van der Waals surface area contributed by atoms with Gasteiger partial charge in [-0.3, -0.25) is 9.58 Å². The Labute approximate surface area is 187 Å². The van der Waals surface area contributed by atoms with Gasteiger partial charge in [-0.25, -0.2) is 4.79 Å². The number of benzene rings is 1. The zero-order valence-electron chi connectivity index (χ0n) is 17.8. The van der Waals surface area contributed by atoms with Crippen molar-refractivity contribution in [1.82, 2.24) is 25.3 Å². The Morgan fingerprint density at radius 2 is 2.06 bits per heavy atom. The first-order valence-electron chi connectivity index (χ1n) is 11.0. The number of fused-ring (bicyclic) bond motifs is 3. The van der Waals surface area contributed by atoms with Crippen LogP contribution in [0.2, 0.25) is 0 Å². The number of rotatable bonds is 6. The summed E-state index contributed by atoms with van der Waals surface area (Å²) < 4.78 is 2.08. The van der Waals surface area contributed by atoms with Crippen molar-refractivity contribution in [3.63, 3.8) is 0 Å². The fraction of sp³-hybridized carbons (Fsp3) is 0.417. The highest BCUT2D eigenvalue weighted by atomic mass is 32.1. The van der Waals surface area contributed by atoms with E-state index in [-0.39, 0.29) is 6.03 Å². The Bertz CT molecular complexity index is 1020. The third-order valence-corrected chi connectivity index (χ3v) is 7.63. The lowest BCUT2D eigenvalue weighted by Gasteiger charge is -2.49. The maximum Gasteiger partial charge on any atom is 0.315 e. The summed E-state index contributed by atoms with van der Waals surface area (Å²) in [7, 11) is 2.07. The summed E-state index contributed by atoms with van der Waals surface area (Å²) in [6, 6.07) is 16.8. The van der Waals surface area contributed by atoms with Crippen LogP contribution in [0.25, 0.3) is 10.6 Å². The summed E-state index contributed by atoms with van der Waals surface area (Å²) in [5.41, 5.74) is 3.53. The van der Waals surface area contributed by atoms with Gasteiger partial charge in [-0.05, 0) is 48.4 Å². The average Bonchev–Trinajstić information content (AvgIpc) is 3.47. The summed E-state index contributed by atoms with van der Waals surface area (Å²) in [5.74, 6) is 1.17. The SMILES string of the molecule is Cn1nc(-c2cccs2)cc1[C@@H]1CN2CC[C@H]1C[C@@H]2CNC(=O)NCc1ccccc1. The minimum atomic E-state index is -0.0877. The minimum absolute atomic E-state index is 0.0877. The number of nitrogens with one attached hydrogen (secondary N) is 2. The third kappa shape index (κ3) is 4.38. The Hall–Kier alpha value is -2.64. The maximum atomic E-state index is 12.3. The van der Waals surface area contributed by atoms with Crippen molar-refractivity contribution in [2.45, 2.75) is 31.3 Å². The Morgan fingerprint density at radius 3 is 2.81 bits per heavy atom. The molecule has 3 aliphatic heterocycles. The quantitative estimate of drug-likeness (QED) is 0.619. The molecular formula is C24H29N5OS. The van der Waals surface area contributed by atoms with E-state index in [2.05, 4.69) is 50.8 Å². The van der Waals surface area contributed by atoms with Gasteiger partial charge in [-0.1, -0.05) is 36.4 Å². The normalized spacial score (nSPS) is 24.8. The molecule has 6 rings (SSSR count). The second-order valence-corrected chi connectivity index (χ2v) is 9.59. The molecule has 0 aliphatic carbocycles. The van der Waals surface area contributed by atoms with Gasteiger partial charge in [0.15, 0.2) is 0 Å². The predicted octanol–water partition coefficient (Wildman–Crippen LogP) is 3.83. The molecule has 4 atom stereocenters. The van der Waals surface area contributed by atoms with E-state index in [1.165, 1.54) is 17.0 Å². The van der Waals surface area contributed by atoms with Crippen molar-refractivity contribution >= 4 is 17.4 Å². The topological polar surface area (TPSA) is 62.2 Å². The van der Waals surface area contributed by atoms with Gasteiger partial charge in [0, 0.05) is 44.3 Å². The smallest absolute Gasteiger partial charge is 0.315 e. The fourth-order valence-corrected chi connectivity index (χ4v) is 5.79. The number of thiophene rings is 1. The highest BCUT2D eigenvalue weighted by molar-refractivity contribution is 7.13. The molecule has 3 fully saturated rings. The van der Waals surface area contributed by atoms with E-state index in [1.807, 2.05) is 30.3 Å². The number of hydrogen-bond acceptors (Lipinski definition) is 4. The first-order chi connectivity index (χ1) is 15.2. The Kier molecular flexibility index (Phi) is 5.78. The van der Waals surface area contributed by atoms with Crippen LogP contribution in [0.5, 0.6) is 0 Å². The van der Waals surface area contributed by atoms with E-state index in [9.17, 15) is 4.79 Å². The third-order valence-electron chi connectivity index (χ3n) is 6.74. The standard InChI is InChI=1S/C24H29N5OS/c1-28-22(13-21(27-28)23-8-5-11-31-23)20-16-29-10-9-18(20)12-19(29)15-26-24(30)25-14-17-6-3-2-4-7-17/h2-8,11,13,18-20H,9-10,12,14-16H2,1H3,(H2,25,26,30)/t18-,19+,20+/m0/s1. The molecule has 1 unspecified atom stereocenters. The van der Waals surface area contributed by atoms with Gasteiger partial charge in [0.2, 0.25) is 0 Å². The molecule has 6 nitrogen and oxygen atoms in total. The molecule has 1 aromatic carbocycles. The zero-order valence-corrected chi connectivity index (χ0v) is 18.6. The summed E-state index contributed by atoms with van der Waals surface area (Å²) in [6.45, 7) is 3.43. The van der Waals surface area contributed by atoms with E-state index < -0.39 is 0 Å². The van der Waals surface area contributed by atoms with Gasteiger partial charge < -0.3 is 10.6 Å².